The van der Waals surface area contributed by atoms with Gasteiger partial charge in [0.2, 0.25) is 5.75 Å². The molecule has 0 saturated heterocycles. The van der Waals surface area contributed by atoms with Gasteiger partial charge in [-0.3, -0.25) is 0 Å². The SMILES string of the molecule is COc1cc(C(=O)Oc2ccc(C(C)C)cc2Br)cc(OC)c1OC. The van der Waals surface area contributed by atoms with Crippen molar-refractivity contribution in [2.75, 3.05) is 21.3 Å². The first kappa shape index (κ1) is 19.1. The van der Waals surface area contributed by atoms with Gasteiger partial charge in [0, 0.05) is 0 Å². The summed E-state index contributed by atoms with van der Waals surface area (Å²) in [4.78, 5) is 12.5. The molecule has 0 aliphatic heterocycles. The number of benzene rings is 2. The molecule has 25 heavy (non-hydrogen) atoms. The van der Waals surface area contributed by atoms with Crippen molar-refractivity contribution in [2.45, 2.75) is 19.8 Å². The zero-order valence-corrected chi connectivity index (χ0v) is 16.5. The van der Waals surface area contributed by atoms with E-state index >= 15 is 0 Å². The van der Waals surface area contributed by atoms with Crippen molar-refractivity contribution in [1.82, 2.24) is 0 Å². The molecule has 6 heteroatoms. The van der Waals surface area contributed by atoms with E-state index in [1.165, 1.54) is 21.3 Å². The lowest BCUT2D eigenvalue weighted by Crippen LogP contribution is -2.10. The molecular formula is C19H21BrO5. The second-order valence-electron chi connectivity index (χ2n) is 5.65. The molecule has 0 aliphatic carbocycles. The Bertz CT molecular complexity index is 745. The van der Waals surface area contributed by atoms with Crippen LogP contribution in [-0.4, -0.2) is 27.3 Å². The van der Waals surface area contributed by atoms with Gasteiger partial charge >= 0.3 is 5.97 Å². The summed E-state index contributed by atoms with van der Waals surface area (Å²) in [6.45, 7) is 4.20. The molecule has 2 aromatic rings. The normalized spacial score (nSPS) is 10.5. The van der Waals surface area contributed by atoms with Crippen LogP contribution in [0.3, 0.4) is 0 Å². The molecule has 0 aliphatic rings. The smallest absolute Gasteiger partial charge is 0.343 e. The van der Waals surface area contributed by atoms with Gasteiger partial charge in [0.05, 0.1) is 31.4 Å². The van der Waals surface area contributed by atoms with Gasteiger partial charge in [0.15, 0.2) is 11.5 Å². The zero-order valence-electron chi connectivity index (χ0n) is 14.9. The van der Waals surface area contributed by atoms with Crippen molar-refractivity contribution in [2.24, 2.45) is 0 Å². The maximum absolute atomic E-state index is 12.5. The molecule has 0 unspecified atom stereocenters. The lowest BCUT2D eigenvalue weighted by molar-refractivity contribution is 0.0732. The number of hydrogen-bond acceptors (Lipinski definition) is 5. The maximum atomic E-state index is 12.5. The highest BCUT2D eigenvalue weighted by atomic mass is 79.9. The third kappa shape index (κ3) is 4.25. The molecule has 2 rings (SSSR count). The number of carbonyl (C=O) groups is 1. The highest BCUT2D eigenvalue weighted by Crippen LogP contribution is 2.38. The molecule has 0 radical (unpaired) electrons. The zero-order chi connectivity index (χ0) is 18.6. The number of ether oxygens (including phenoxy) is 4. The lowest BCUT2D eigenvalue weighted by atomic mass is 10.0. The first-order valence-electron chi connectivity index (χ1n) is 7.72. The molecule has 2 aromatic carbocycles. The van der Waals surface area contributed by atoms with Gasteiger partial charge < -0.3 is 18.9 Å². The average molecular weight is 409 g/mol. The molecule has 0 N–H and O–H groups in total. The summed E-state index contributed by atoms with van der Waals surface area (Å²) >= 11 is 3.45. The summed E-state index contributed by atoms with van der Waals surface area (Å²) in [5.41, 5.74) is 1.45. The fourth-order valence-corrected chi connectivity index (χ4v) is 2.79. The van der Waals surface area contributed by atoms with E-state index in [9.17, 15) is 4.79 Å². The van der Waals surface area contributed by atoms with Gasteiger partial charge in [-0.2, -0.15) is 0 Å². The number of halogens is 1. The van der Waals surface area contributed by atoms with Crippen LogP contribution in [0.5, 0.6) is 23.0 Å². The van der Waals surface area contributed by atoms with Crippen LogP contribution < -0.4 is 18.9 Å². The van der Waals surface area contributed by atoms with Gasteiger partial charge in [-0.05, 0) is 51.7 Å². The minimum atomic E-state index is -0.516. The van der Waals surface area contributed by atoms with E-state index in [0.717, 1.165) is 10.0 Å². The molecule has 0 spiro atoms. The van der Waals surface area contributed by atoms with Crippen LogP contribution in [0, 0.1) is 0 Å². The molecule has 0 bridgehead atoms. The summed E-state index contributed by atoms with van der Waals surface area (Å²) in [5, 5.41) is 0. The van der Waals surface area contributed by atoms with E-state index in [1.54, 1.807) is 18.2 Å². The van der Waals surface area contributed by atoms with E-state index < -0.39 is 5.97 Å². The number of esters is 1. The highest BCUT2D eigenvalue weighted by Gasteiger charge is 2.19. The van der Waals surface area contributed by atoms with E-state index in [4.69, 9.17) is 18.9 Å². The summed E-state index contributed by atoms with van der Waals surface area (Å²) in [5.74, 6) is 1.52. The molecule has 5 nitrogen and oxygen atoms in total. The van der Waals surface area contributed by atoms with E-state index in [-0.39, 0.29) is 0 Å². The summed E-state index contributed by atoms with van der Waals surface area (Å²) < 4.78 is 22.0. The second kappa shape index (κ2) is 8.25. The molecule has 0 aromatic heterocycles. The molecule has 0 atom stereocenters. The lowest BCUT2D eigenvalue weighted by Gasteiger charge is -2.14. The van der Waals surface area contributed by atoms with Crippen molar-refractivity contribution in [3.05, 3.63) is 45.9 Å². The maximum Gasteiger partial charge on any atom is 0.343 e. The van der Waals surface area contributed by atoms with Crippen LogP contribution in [0.25, 0.3) is 0 Å². The van der Waals surface area contributed by atoms with Gasteiger partial charge in [0.25, 0.3) is 0 Å². The largest absolute Gasteiger partial charge is 0.493 e. The molecule has 0 heterocycles. The van der Waals surface area contributed by atoms with Crippen LogP contribution >= 0.6 is 15.9 Å². The highest BCUT2D eigenvalue weighted by molar-refractivity contribution is 9.10. The Morgan fingerprint density at radius 2 is 1.52 bits per heavy atom. The molecule has 0 saturated carbocycles. The van der Waals surface area contributed by atoms with Crippen LogP contribution in [0.2, 0.25) is 0 Å². The minimum absolute atomic E-state index is 0.300. The van der Waals surface area contributed by atoms with Crippen LogP contribution in [0.1, 0.15) is 35.7 Å². The summed E-state index contributed by atoms with van der Waals surface area (Å²) in [7, 11) is 4.49. The average Bonchev–Trinajstić information content (AvgIpc) is 2.61. The summed E-state index contributed by atoms with van der Waals surface area (Å²) in [6.07, 6.45) is 0. The van der Waals surface area contributed by atoms with E-state index in [2.05, 4.69) is 29.8 Å². The monoisotopic (exact) mass is 408 g/mol. The predicted octanol–water partition coefficient (Wildman–Crippen LogP) is 4.82. The Balaban J connectivity index is 2.32. The third-order valence-electron chi connectivity index (χ3n) is 3.73. The number of methoxy groups -OCH3 is 3. The Kier molecular flexibility index (Phi) is 6.31. The van der Waals surface area contributed by atoms with Crippen molar-refractivity contribution in [1.29, 1.82) is 0 Å². The van der Waals surface area contributed by atoms with E-state index in [0.29, 0.717) is 34.5 Å². The molecule has 134 valence electrons. The quantitative estimate of drug-likeness (QED) is 0.506. The van der Waals surface area contributed by atoms with Crippen molar-refractivity contribution in [3.8, 4) is 23.0 Å². The molecule has 0 amide bonds. The topological polar surface area (TPSA) is 54.0 Å². The Morgan fingerprint density at radius 3 is 1.96 bits per heavy atom. The number of rotatable bonds is 6. The standard InChI is InChI=1S/C19H21BrO5/c1-11(2)12-6-7-15(14(20)8-12)25-19(21)13-9-16(22-3)18(24-5)17(10-13)23-4/h6-11H,1-5H3. The van der Waals surface area contributed by atoms with Crippen molar-refractivity contribution in [3.63, 3.8) is 0 Å². The minimum Gasteiger partial charge on any atom is -0.493 e. The number of carbonyl (C=O) groups excluding carboxylic acids is 1. The van der Waals surface area contributed by atoms with Gasteiger partial charge in [-0.25, -0.2) is 4.79 Å². The van der Waals surface area contributed by atoms with Crippen LogP contribution in [0.4, 0.5) is 0 Å². The fraction of sp³-hybridized carbons (Fsp3) is 0.316. The molecule has 0 fully saturated rings. The Labute approximate surface area is 156 Å². The first-order valence-corrected chi connectivity index (χ1v) is 8.52. The Hall–Kier alpha value is -2.21. The van der Waals surface area contributed by atoms with E-state index in [1.807, 2.05) is 12.1 Å². The van der Waals surface area contributed by atoms with Crippen LogP contribution in [-0.2, 0) is 0 Å². The Morgan fingerprint density at radius 1 is 0.920 bits per heavy atom. The van der Waals surface area contributed by atoms with Crippen molar-refractivity contribution >= 4 is 21.9 Å². The van der Waals surface area contributed by atoms with Gasteiger partial charge in [0.1, 0.15) is 5.75 Å². The van der Waals surface area contributed by atoms with Gasteiger partial charge in [-0.1, -0.05) is 19.9 Å². The first-order chi connectivity index (χ1) is 11.9. The van der Waals surface area contributed by atoms with Crippen molar-refractivity contribution < 1.29 is 23.7 Å². The third-order valence-corrected chi connectivity index (χ3v) is 4.35. The van der Waals surface area contributed by atoms with Gasteiger partial charge in [-0.15, -0.1) is 0 Å². The molecular weight excluding hydrogens is 388 g/mol. The second-order valence-corrected chi connectivity index (χ2v) is 6.50. The number of hydrogen-bond donors (Lipinski definition) is 0. The predicted molar refractivity (Wildman–Crippen MR) is 99.3 cm³/mol. The fourth-order valence-electron chi connectivity index (χ4n) is 2.32. The van der Waals surface area contributed by atoms with Crippen LogP contribution in [0.15, 0.2) is 34.8 Å². The summed E-state index contributed by atoms with van der Waals surface area (Å²) in [6, 6.07) is 8.77.